The third kappa shape index (κ3) is 3.33. The van der Waals surface area contributed by atoms with Crippen LogP contribution in [-0.2, 0) is 4.74 Å². The van der Waals surface area contributed by atoms with Crippen molar-refractivity contribution in [1.29, 1.82) is 0 Å². The Hall–Kier alpha value is -1.40. The maximum absolute atomic E-state index is 5.97. The standard InChI is InChI=1S/C13H23N5O/c1-3-13(4-2)7-10(5-6-19-13)16-11-8-15-9-12(17-11)18-14/h8-10H,3-7,14H2,1-2H3,(H2,16,17,18). The molecule has 1 aliphatic heterocycles. The molecule has 2 rings (SSSR count). The molecule has 0 aliphatic carbocycles. The number of ether oxygens (including phenoxy) is 1. The van der Waals surface area contributed by atoms with Gasteiger partial charge in [0.2, 0.25) is 0 Å². The van der Waals surface area contributed by atoms with E-state index in [4.69, 9.17) is 10.6 Å². The Kier molecular flexibility index (Phi) is 4.55. The van der Waals surface area contributed by atoms with Crippen LogP contribution in [0.25, 0.3) is 0 Å². The van der Waals surface area contributed by atoms with E-state index in [0.29, 0.717) is 11.9 Å². The number of hydrogen-bond donors (Lipinski definition) is 3. The number of nitrogens with one attached hydrogen (secondary N) is 2. The lowest BCUT2D eigenvalue weighted by Crippen LogP contribution is -2.43. The van der Waals surface area contributed by atoms with Crippen molar-refractivity contribution < 1.29 is 4.74 Å². The molecule has 1 aromatic heterocycles. The smallest absolute Gasteiger partial charge is 0.160 e. The Morgan fingerprint density at radius 1 is 1.37 bits per heavy atom. The van der Waals surface area contributed by atoms with E-state index in [0.717, 1.165) is 38.1 Å². The predicted molar refractivity (Wildman–Crippen MR) is 75.8 cm³/mol. The zero-order valence-corrected chi connectivity index (χ0v) is 11.6. The van der Waals surface area contributed by atoms with E-state index in [-0.39, 0.29) is 5.60 Å². The molecule has 1 aliphatic rings. The summed E-state index contributed by atoms with van der Waals surface area (Å²) >= 11 is 0. The molecule has 0 radical (unpaired) electrons. The highest BCUT2D eigenvalue weighted by Crippen LogP contribution is 2.32. The zero-order chi connectivity index (χ0) is 13.7. The summed E-state index contributed by atoms with van der Waals surface area (Å²) in [5.41, 5.74) is 2.51. The fourth-order valence-electron chi connectivity index (χ4n) is 2.61. The summed E-state index contributed by atoms with van der Waals surface area (Å²) in [6, 6.07) is 0.371. The first-order valence-corrected chi connectivity index (χ1v) is 6.90. The predicted octanol–water partition coefficient (Wildman–Crippen LogP) is 1.91. The van der Waals surface area contributed by atoms with Gasteiger partial charge in [0.25, 0.3) is 0 Å². The molecule has 2 heterocycles. The monoisotopic (exact) mass is 265 g/mol. The minimum Gasteiger partial charge on any atom is -0.375 e. The van der Waals surface area contributed by atoms with E-state index in [1.807, 2.05) is 0 Å². The molecular formula is C13H23N5O. The minimum absolute atomic E-state index is 0.00702. The van der Waals surface area contributed by atoms with Gasteiger partial charge in [0.05, 0.1) is 18.0 Å². The molecule has 1 saturated heterocycles. The lowest BCUT2D eigenvalue weighted by atomic mass is 9.86. The first kappa shape index (κ1) is 14.0. The maximum atomic E-state index is 5.97. The van der Waals surface area contributed by atoms with E-state index in [2.05, 4.69) is 34.6 Å². The quantitative estimate of drug-likeness (QED) is 0.557. The Balaban J connectivity index is 2.02. The summed E-state index contributed by atoms with van der Waals surface area (Å²) in [5.74, 6) is 6.66. The summed E-state index contributed by atoms with van der Waals surface area (Å²) in [5, 5.41) is 3.43. The van der Waals surface area contributed by atoms with Gasteiger partial charge in [-0.2, -0.15) is 0 Å². The summed E-state index contributed by atoms with van der Waals surface area (Å²) < 4.78 is 5.97. The van der Waals surface area contributed by atoms with Crippen LogP contribution in [-0.4, -0.2) is 28.2 Å². The Labute approximate surface area is 114 Å². The van der Waals surface area contributed by atoms with Gasteiger partial charge in [-0.05, 0) is 25.7 Å². The molecule has 0 spiro atoms. The van der Waals surface area contributed by atoms with E-state index in [1.54, 1.807) is 12.4 Å². The highest BCUT2D eigenvalue weighted by Gasteiger charge is 2.34. The average molecular weight is 265 g/mol. The fourth-order valence-corrected chi connectivity index (χ4v) is 2.61. The molecule has 1 fully saturated rings. The topological polar surface area (TPSA) is 85.1 Å². The van der Waals surface area contributed by atoms with Gasteiger partial charge in [0.1, 0.15) is 5.82 Å². The maximum Gasteiger partial charge on any atom is 0.160 e. The van der Waals surface area contributed by atoms with Gasteiger partial charge in [0, 0.05) is 12.6 Å². The molecule has 106 valence electrons. The fraction of sp³-hybridized carbons (Fsp3) is 0.692. The summed E-state index contributed by atoms with van der Waals surface area (Å²) in [6.45, 7) is 5.16. The van der Waals surface area contributed by atoms with Crippen molar-refractivity contribution in [1.82, 2.24) is 9.97 Å². The molecular weight excluding hydrogens is 242 g/mol. The molecule has 1 aromatic rings. The van der Waals surface area contributed by atoms with Crippen LogP contribution < -0.4 is 16.6 Å². The number of nitrogen functional groups attached to an aromatic ring is 1. The zero-order valence-electron chi connectivity index (χ0n) is 11.6. The van der Waals surface area contributed by atoms with Gasteiger partial charge >= 0.3 is 0 Å². The highest BCUT2D eigenvalue weighted by molar-refractivity contribution is 5.41. The van der Waals surface area contributed by atoms with Crippen molar-refractivity contribution in [3.63, 3.8) is 0 Å². The second kappa shape index (κ2) is 6.16. The van der Waals surface area contributed by atoms with Crippen molar-refractivity contribution in [3.05, 3.63) is 12.4 Å². The van der Waals surface area contributed by atoms with Gasteiger partial charge in [-0.15, -0.1) is 0 Å². The number of nitrogens with zero attached hydrogens (tertiary/aromatic N) is 2. The van der Waals surface area contributed by atoms with Gasteiger partial charge in [-0.1, -0.05) is 13.8 Å². The van der Waals surface area contributed by atoms with E-state index >= 15 is 0 Å². The molecule has 0 aromatic carbocycles. The first-order valence-electron chi connectivity index (χ1n) is 6.90. The van der Waals surface area contributed by atoms with Crippen molar-refractivity contribution in [3.8, 4) is 0 Å². The van der Waals surface area contributed by atoms with Crippen LogP contribution in [0.4, 0.5) is 11.6 Å². The molecule has 6 heteroatoms. The molecule has 0 amide bonds. The summed E-state index contributed by atoms with van der Waals surface area (Å²) in [4.78, 5) is 8.43. The number of hydrogen-bond acceptors (Lipinski definition) is 6. The van der Waals surface area contributed by atoms with Crippen molar-refractivity contribution in [2.45, 2.75) is 51.2 Å². The Morgan fingerprint density at radius 3 is 2.79 bits per heavy atom. The third-order valence-corrected chi connectivity index (χ3v) is 3.92. The molecule has 0 bridgehead atoms. The van der Waals surface area contributed by atoms with Crippen molar-refractivity contribution in [2.75, 3.05) is 17.3 Å². The molecule has 1 atom stereocenters. The largest absolute Gasteiger partial charge is 0.375 e. The minimum atomic E-state index is 0.00702. The number of nitrogens with two attached hydrogens (primary N) is 1. The third-order valence-electron chi connectivity index (χ3n) is 3.92. The van der Waals surface area contributed by atoms with Crippen LogP contribution in [0.3, 0.4) is 0 Å². The van der Waals surface area contributed by atoms with Crippen molar-refractivity contribution in [2.24, 2.45) is 5.84 Å². The van der Waals surface area contributed by atoms with Gasteiger partial charge < -0.3 is 15.5 Å². The lowest BCUT2D eigenvalue weighted by Gasteiger charge is -2.40. The molecule has 6 nitrogen and oxygen atoms in total. The number of aromatic nitrogens is 2. The second-order valence-electron chi connectivity index (χ2n) is 5.01. The van der Waals surface area contributed by atoms with Crippen LogP contribution in [0.2, 0.25) is 0 Å². The number of rotatable bonds is 5. The summed E-state index contributed by atoms with van der Waals surface area (Å²) in [7, 11) is 0. The van der Waals surface area contributed by atoms with E-state index in [1.165, 1.54) is 0 Å². The Morgan fingerprint density at radius 2 is 2.11 bits per heavy atom. The second-order valence-corrected chi connectivity index (χ2v) is 5.01. The van der Waals surface area contributed by atoms with E-state index in [9.17, 15) is 0 Å². The van der Waals surface area contributed by atoms with Crippen molar-refractivity contribution >= 4 is 11.6 Å². The number of hydrazine groups is 1. The average Bonchev–Trinajstić information content (AvgIpc) is 2.47. The van der Waals surface area contributed by atoms with Crippen LogP contribution in [0.15, 0.2) is 12.4 Å². The van der Waals surface area contributed by atoms with Gasteiger partial charge in [-0.3, -0.25) is 4.98 Å². The van der Waals surface area contributed by atoms with Crippen LogP contribution >= 0.6 is 0 Å². The van der Waals surface area contributed by atoms with Crippen LogP contribution in [0.5, 0.6) is 0 Å². The van der Waals surface area contributed by atoms with E-state index < -0.39 is 0 Å². The van der Waals surface area contributed by atoms with Gasteiger partial charge in [-0.25, -0.2) is 10.8 Å². The lowest BCUT2D eigenvalue weighted by molar-refractivity contribution is -0.0864. The molecule has 4 N–H and O–H groups in total. The van der Waals surface area contributed by atoms with Gasteiger partial charge in [0.15, 0.2) is 5.82 Å². The first-order chi connectivity index (χ1) is 9.21. The van der Waals surface area contributed by atoms with Crippen LogP contribution in [0.1, 0.15) is 39.5 Å². The highest BCUT2D eigenvalue weighted by atomic mass is 16.5. The Bertz CT molecular complexity index is 408. The summed E-state index contributed by atoms with van der Waals surface area (Å²) in [6.07, 6.45) is 7.38. The van der Waals surface area contributed by atoms with Crippen LogP contribution in [0, 0.1) is 0 Å². The normalized spacial score (nSPS) is 21.9. The SMILES string of the molecule is CCC1(CC)CC(Nc2cncc(NN)n2)CCO1. The number of anilines is 2. The molecule has 1 unspecified atom stereocenters. The molecule has 0 saturated carbocycles. The molecule has 19 heavy (non-hydrogen) atoms.